The van der Waals surface area contributed by atoms with Gasteiger partial charge < -0.3 is 9.64 Å². The molecule has 0 spiro atoms. The van der Waals surface area contributed by atoms with Crippen molar-refractivity contribution in [2.75, 3.05) is 19.9 Å². The molecule has 1 fully saturated rings. The average Bonchev–Trinajstić information content (AvgIpc) is 2.93. The number of ether oxygens (including phenoxy) is 1. The summed E-state index contributed by atoms with van der Waals surface area (Å²) < 4.78 is 5.38. The van der Waals surface area contributed by atoms with Gasteiger partial charge in [-0.05, 0) is 5.75 Å². The first-order chi connectivity index (χ1) is 8.40. The van der Waals surface area contributed by atoms with Crippen molar-refractivity contribution in [3.05, 3.63) is 12.0 Å². The highest BCUT2D eigenvalue weighted by Crippen LogP contribution is 2.71. The number of thiol groups is 1. The SMILES string of the molecule is CC.CO/C(=C\N(C)C=S)CC1(C)[B]C1(C)CS. The Morgan fingerprint density at radius 3 is 2.28 bits per heavy atom. The van der Waals surface area contributed by atoms with Crippen molar-refractivity contribution in [1.29, 1.82) is 0 Å². The number of allylic oxidation sites excluding steroid dienone is 1. The van der Waals surface area contributed by atoms with Crippen LogP contribution < -0.4 is 0 Å². The van der Waals surface area contributed by atoms with Crippen molar-refractivity contribution < 1.29 is 4.74 Å². The summed E-state index contributed by atoms with van der Waals surface area (Å²) in [4.78, 5) is 1.83. The zero-order chi connectivity index (χ0) is 14.4. The van der Waals surface area contributed by atoms with Crippen LogP contribution in [0, 0.1) is 0 Å². The van der Waals surface area contributed by atoms with E-state index in [0.29, 0.717) is 0 Å². The van der Waals surface area contributed by atoms with Crippen LogP contribution >= 0.6 is 24.8 Å². The number of thiocarbonyl (C=S) groups is 1. The van der Waals surface area contributed by atoms with Gasteiger partial charge in [0.25, 0.3) is 0 Å². The van der Waals surface area contributed by atoms with Crippen molar-refractivity contribution in [3.63, 3.8) is 0 Å². The standard InChI is InChI=1S/C11H19BNOS2.C2H6/c1-10(11(2,7-15)12-10)5-9(14-4)6-13(3)8-16;1-2/h6,8,15H,5,7H2,1-4H3;1-2H3/b9-6-;. The fraction of sp³-hybridized carbons (Fsp3) is 0.769. The molecular formula is C13H25BNOS2. The molecule has 1 saturated heterocycles. The number of hydrogen-bond acceptors (Lipinski definition) is 3. The molecular weight excluding hydrogens is 261 g/mol. The molecule has 18 heavy (non-hydrogen) atoms. The van der Waals surface area contributed by atoms with Crippen molar-refractivity contribution in [2.24, 2.45) is 0 Å². The minimum absolute atomic E-state index is 0.193. The topological polar surface area (TPSA) is 12.5 Å². The van der Waals surface area contributed by atoms with E-state index in [0.717, 1.165) is 17.9 Å². The first-order valence-corrected chi connectivity index (χ1v) is 7.41. The van der Waals surface area contributed by atoms with Gasteiger partial charge in [-0.15, -0.1) is 0 Å². The zero-order valence-corrected chi connectivity index (χ0v) is 14.1. The molecule has 0 aromatic rings. The van der Waals surface area contributed by atoms with Crippen LogP contribution in [0.25, 0.3) is 0 Å². The monoisotopic (exact) mass is 286 g/mol. The predicted octanol–water partition coefficient (Wildman–Crippen LogP) is 3.78. The van der Waals surface area contributed by atoms with Crippen LogP contribution in [-0.4, -0.2) is 37.6 Å². The lowest BCUT2D eigenvalue weighted by Crippen LogP contribution is -2.09. The molecule has 1 rings (SSSR count). The quantitative estimate of drug-likeness (QED) is 0.345. The van der Waals surface area contributed by atoms with Crippen LogP contribution in [0.15, 0.2) is 12.0 Å². The van der Waals surface area contributed by atoms with E-state index < -0.39 is 0 Å². The second-order valence-corrected chi connectivity index (χ2v) is 5.41. The van der Waals surface area contributed by atoms with E-state index in [1.807, 2.05) is 32.0 Å². The molecule has 1 heterocycles. The highest BCUT2D eigenvalue weighted by atomic mass is 32.1. The molecule has 1 aliphatic rings. The highest BCUT2D eigenvalue weighted by molar-refractivity contribution is 7.80. The Morgan fingerprint density at radius 1 is 1.39 bits per heavy atom. The lowest BCUT2D eigenvalue weighted by Gasteiger charge is -2.20. The molecule has 103 valence electrons. The number of rotatable bonds is 6. The molecule has 2 atom stereocenters. The summed E-state index contributed by atoms with van der Waals surface area (Å²) in [6.07, 6.45) is 2.83. The zero-order valence-electron chi connectivity index (χ0n) is 12.4. The molecule has 1 radical (unpaired) electrons. The lowest BCUT2D eigenvalue weighted by atomic mass is 9.86. The Balaban J connectivity index is 0.00000137. The third-order valence-electron chi connectivity index (χ3n) is 3.50. The Morgan fingerprint density at radius 2 is 1.94 bits per heavy atom. The summed E-state index contributed by atoms with van der Waals surface area (Å²) in [7, 11) is 5.95. The Hall–Kier alpha value is -0.155. The van der Waals surface area contributed by atoms with Gasteiger partial charge >= 0.3 is 0 Å². The first kappa shape index (κ1) is 17.8. The minimum Gasteiger partial charge on any atom is -0.500 e. The van der Waals surface area contributed by atoms with Gasteiger partial charge in [0, 0.05) is 19.7 Å². The molecule has 0 aromatic heterocycles. The smallest absolute Gasteiger partial charge is 0.126 e. The summed E-state index contributed by atoms with van der Waals surface area (Å²) in [5, 5.41) is 0.420. The molecule has 0 bridgehead atoms. The van der Waals surface area contributed by atoms with Crippen molar-refractivity contribution in [2.45, 2.75) is 44.7 Å². The van der Waals surface area contributed by atoms with Crippen LogP contribution in [0.1, 0.15) is 34.1 Å². The summed E-state index contributed by atoms with van der Waals surface area (Å²) >= 11 is 9.24. The van der Waals surface area contributed by atoms with Crippen LogP contribution in [0.2, 0.25) is 10.6 Å². The Kier molecular flexibility index (Phi) is 7.37. The fourth-order valence-electron chi connectivity index (χ4n) is 1.94. The van der Waals surface area contributed by atoms with E-state index in [9.17, 15) is 0 Å². The normalized spacial score (nSPS) is 29.6. The van der Waals surface area contributed by atoms with Crippen molar-refractivity contribution >= 4 is 37.6 Å². The Bertz CT molecular complexity index is 311. The van der Waals surface area contributed by atoms with E-state index >= 15 is 0 Å². The third kappa shape index (κ3) is 4.20. The van der Waals surface area contributed by atoms with E-state index in [-0.39, 0.29) is 10.6 Å². The van der Waals surface area contributed by atoms with Gasteiger partial charge in [-0.3, -0.25) is 0 Å². The second kappa shape index (κ2) is 7.44. The van der Waals surface area contributed by atoms with Crippen LogP contribution in [0.5, 0.6) is 0 Å². The molecule has 1 aliphatic heterocycles. The Labute approximate surface area is 124 Å². The first-order valence-electron chi connectivity index (χ1n) is 6.30. The van der Waals surface area contributed by atoms with Gasteiger partial charge in [0.2, 0.25) is 0 Å². The maximum absolute atomic E-state index is 5.38. The van der Waals surface area contributed by atoms with Gasteiger partial charge in [0.1, 0.15) is 13.0 Å². The largest absolute Gasteiger partial charge is 0.500 e. The fourth-order valence-corrected chi connectivity index (χ4v) is 2.45. The molecule has 0 amide bonds. The molecule has 0 N–H and O–H groups in total. The van der Waals surface area contributed by atoms with Gasteiger partial charge in [0.15, 0.2) is 0 Å². The van der Waals surface area contributed by atoms with E-state index in [2.05, 4.69) is 33.8 Å². The highest BCUT2D eigenvalue weighted by Gasteiger charge is 2.60. The summed E-state index contributed by atoms with van der Waals surface area (Å²) in [6, 6.07) is 0. The van der Waals surface area contributed by atoms with Crippen LogP contribution in [0.4, 0.5) is 0 Å². The summed E-state index contributed by atoms with van der Waals surface area (Å²) in [5.74, 6) is 1.83. The van der Waals surface area contributed by atoms with Gasteiger partial charge in [-0.1, -0.05) is 50.5 Å². The van der Waals surface area contributed by atoms with Crippen LogP contribution in [-0.2, 0) is 4.74 Å². The van der Waals surface area contributed by atoms with Gasteiger partial charge in [0.05, 0.1) is 12.6 Å². The van der Waals surface area contributed by atoms with Crippen LogP contribution in [0.3, 0.4) is 0 Å². The molecule has 5 heteroatoms. The number of nitrogens with zero attached hydrogens (tertiary/aromatic N) is 1. The molecule has 0 aliphatic carbocycles. The lowest BCUT2D eigenvalue weighted by molar-refractivity contribution is 0.260. The molecule has 2 nitrogen and oxygen atoms in total. The summed E-state index contributed by atoms with van der Waals surface area (Å²) in [6.45, 7) is 8.48. The van der Waals surface area contributed by atoms with Crippen molar-refractivity contribution in [3.8, 4) is 0 Å². The summed E-state index contributed by atoms with van der Waals surface area (Å²) in [5.41, 5.74) is 1.59. The van der Waals surface area contributed by atoms with E-state index in [1.165, 1.54) is 0 Å². The van der Waals surface area contributed by atoms with E-state index in [4.69, 9.17) is 17.0 Å². The van der Waals surface area contributed by atoms with Gasteiger partial charge in [-0.25, -0.2) is 0 Å². The van der Waals surface area contributed by atoms with Crippen molar-refractivity contribution in [1.82, 2.24) is 4.90 Å². The van der Waals surface area contributed by atoms with Gasteiger partial charge in [-0.2, -0.15) is 12.6 Å². The second-order valence-electron chi connectivity index (χ2n) is 4.88. The van der Waals surface area contributed by atoms with E-state index in [1.54, 1.807) is 12.6 Å². The number of methoxy groups -OCH3 is 1. The third-order valence-corrected chi connectivity index (χ3v) is 4.49. The molecule has 2 unspecified atom stereocenters. The predicted molar refractivity (Wildman–Crippen MR) is 88.8 cm³/mol. The molecule has 0 saturated carbocycles. The minimum atomic E-state index is 0.193. The average molecular weight is 286 g/mol. The number of hydrogen-bond donors (Lipinski definition) is 1. The maximum atomic E-state index is 5.38. The molecule has 0 aromatic carbocycles. The maximum Gasteiger partial charge on any atom is 0.126 e.